The highest BCUT2D eigenvalue weighted by atomic mass is 16.4. The lowest BCUT2D eigenvalue weighted by molar-refractivity contribution is 0.0892. The van der Waals surface area contributed by atoms with E-state index >= 15 is 0 Å². The van der Waals surface area contributed by atoms with Crippen molar-refractivity contribution in [3.05, 3.63) is 24.1 Å². The molecule has 0 N–H and O–H groups in total. The van der Waals surface area contributed by atoms with Gasteiger partial charge >= 0.3 is 6.01 Å². The third-order valence-electron chi connectivity index (χ3n) is 4.46. The standard InChI is InChI=1S/C15H19N5O2/c1-19-8-6-16-13(19)12(21)11-3-2-7-20(9-11)15-18-17-14(22-15)10-4-5-10/h6,8,10-11H,2-5,7,9H2,1H3. The Balaban J connectivity index is 1.49. The molecule has 2 aromatic rings. The topological polar surface area (TPSA) is 77.1 Å². The van der Waals surface area contributed by atoms with Crippen molar-refractivity contribution in [3.8, 4) is 0 Å². The van der Waals surface area contributed by atoms with Crippen LogP contribution in [0.25, 0.3) is 0 Å². The molecular weight excluding hydrogens is 282 g/mol. The normalized spacial score (nSPS) is 22.0. The molecule has 1 saturated heterocycles. The molecule has 0 amide bonds. The molecular formula is C15H19N5O2. The summed E-state index contributed by atoms with van der Waals surface area (Å²) in [5.41, 5.74) is 0. The van der Waals surface area contributed by atoms with Gasteiger partial charge in [-0.1, -0.05) is 5.10 Å². The van der Waals surface area contributed by atoms with Gasteiger partial charge in [0, 0.05) is 44.4 Å². The van der Waals surface area contributed by atoms with Crippen LogP contribution in [0.1, 0.15) is 48.1 Å². The molecule has 7 heteroatoms. The molecule has 2 fully saturated rings. The predicted octanol–water partition coefficient (Wildman–Crippen LogP) is 1.78. The Labute approximate surface area is 128 Å². The fourth-order valence-corrected chi connectivity index (χ4v) is 3.00. The molecule has 0 bridgehead atoms. The maximum Gasteiger partial charge on any atom is 0.318 e. The summed E-state index contributed by atoms with van der Waals surface area (Å²) in [5, 5.41) is 8.28. The number of imidazole rings is 1. The molecule has 2 aromatic heterocycles. The van der Waals surface area contributed by atoms with Gasteiger partial charge in [0.25, 0.3) is 0 Å². The summed E-state index contributed by atoms with van der Waals surface area (Å²) in [5.74, 6) is 1.75. The fourth-order valence-electron chi connectivity index (χ4n) is 3.00. The van der Waals surface area contributed by atoms with E-state index in [9.17, 15) is 4.79 Å². The minimum Gasteiger partial charge on any atom is -0.408 e. The first-order valence-corrected chi connectivity index (χ1v) is 7.82. The van der Waals surface area contributed by atoms with Crippen LogP contribution < -0.4 is 4.90 Å². The van der Waals surface area contributed by atoms with Gasteiger partial charge in [0.1, 0.15) is 0 Å². The maximum absolute atomic E-state index is 12.6. The van der Waals surface area contributed by atoms with Gasteiger partial charge in [-0.25, -0.2) is 4.98 Å². The summed E-state index contributed by atoms with van der Waals surface area (Å²) >= 11 is 0. The molecule has 1 atom stereocenters. The molecule has 4 rings (SSSR count). The van der Waals surface area contributed by atoms with Crippen molar-refractivity contribution in [2.75, 3.05) is 18.0 Å². The van der Waals surface area contributed by atoms with Gasteiger partial charge < -0.3 is 13.9 Å². The number of carbonyl (C=O) groups excluding carboxylic acids is 1. The zero-order valence-corrected chi connectivity index (χ0v) is 12.6. The summed E-state index contributed by atoms with van der Waals surface area (Å²) < 4.78 is 7.54. The zero-order valence-electron chi connectivity index (χ0n) is 12.6. The van der Waals surface area contributed by atoms with Crippen molar-refractivity contribution >= 4 is 11.8 Å². The van der Waals surface area contributed by atoms with E-state index in [1.807, 2.05) is 11.9 Å². The van der Waals surface area contributed by atoms with Gasteiger partial charge in [-0.15, -0.1) is 5.10 Å². The molecule has 22 heavy (non-hydrogen) atoms. The quantitative estimate of drug-likeness (QED) is 0.801. The summed E-state index contributed by atoms with van der Waals surface area (Å²) in [4.78, 5) is 18.8. The van der Waals surface area contributed by atoms with Crippen molar-refractivity contribution < 1.29 is 9.21 Å². The minimum atomic E-state index is -0.0638. The van der Waals surface area contributed by atoms with E-state index in [4.69, 9.17) is 4.42 Å². The molecule has 0 radical (unpaired) electrons. The summed E-state index contributed by atoms with van der Waals surface area (Å²) in [6.45, 7) is 1.48. The number of carbonyl (C=O) groups is 1. The van der Waals surface area contributed by atoms with E-state index in [1.54, 1.807) is 17.0 Å². The van der Waals surface area contributed by atoms with Crippen LogP contribution in [0.3, 0.4) is 0 Å². The van der Waals surface area contributed by atoms with Gasteiger partial charge in [-0.05, 0) is 25.7 Å². The maximum atomic E-state index is 12.6. The van der Waals surface area contributed by atoms with Crippen LogP contribution in [0.4, 0.5) is 6.01 Å². The molecule has 0 spiro atoms. The van der Waals surface area contributed by atoms with E-state index in [0.717, 1.165) is 38.1 Å². The number of hydrogen-bond donors (Lipinski definition) is 0. The van der Waals surface area contributed by atoms with E-state index in [2.05, 4.69) is 15.2 Å². The van der Waals surface area contributed by atoms with Crippen molar-refractivity contribution in [1.29, 1.82) is 0 Å². The van der Waals surface area contributed by atoms with Crippen molar-refractivity contribution in [2.45, 2.75) is 31.6 Å². The number of aryl methyl sites for hydroxylation is 1. The summed E-state index contributed by atoms with van der Waals surface area (Å²) in [6, 6.07) is 0.555. The van der Waals surface area contributed by atoms with Crippen LogP contribution in [-0.2, 0) is 7.05 Å². The van der Waals surface area contributed by atoms with Crippen molar-refractivity contribution in [3.63, 3.8) is 0 Å². The molecule has 0 aromatic carbocycles. The number of hydrogen-bond acceptors (Lipinski definition) is 6. The second-order valence-corrected chi connectivity index (χ2v) is 6.21. The Kier molecular flexibility index (Phi) is 3.20. The highest BCUT2D eigenvalue weighted by Gasteiger charge is 2.33. The lowest BCUT2D eigenvalue weighted by Gasteiger charge is -2.30. The summed E-state index contributed by atoms with van der Waals surface area (Å²) in [7, 11) is 1.85. The number of rotatable bonds is 4. The number of ketones is 1. The highest BCUT2D eigenvalue weighted by molar-refractivity contribution is 5.95. The second-order valence-electron chi connectivity index (χ2n) is 6.21. The van der Waals surface area contributed by atoms with E-state index < -0.39 is 0 Å². The SMILES string of the molecule is Cn1ccnc1C(=O)C1CCCN(c2nnc(C3CC3)o2)C1. The molecule has 7 nitrogen and oxygen atoms in total. The Morgan fingerprint density at radius 1 is 1.32 bits per heavy atom. The van der Waals surface area contributed by atoms with Gasteiger partial charge in [0.15, 0.2) is 5.82 Å². The third kappa shape index (κ3) is 2.40. The average molecular weight is 301 g/mol. The first kappa shape index (κ1) is 13.5. The van der Waals surface area contributed by atoms with E-state index in [1.165, 1.54) is 0 Å². The Morgan fingerprint density at radius 2 is 2.18 bits per heavy atom. The minimum absolute atomic E-state index is 0.0638. The van der Waals surface area contributed by atoms with Crippen LogP contribution in [0.15, 0.2) is 16.8 Å². The monoisotopic (exact) mass is 301 g/mol. The number of nitrogens with zero attached hydrogens (tertiary/aromatic N) is 5. The van der Waals surface area contributed by atoms with Crippen LogP contribution in [0, 0.1) is 5.92 Å². The molecule has 116 valence electrons. The number of anilines is 1. The van der Waals surface area contributed by atoms with Gasteiger partial charge in [0.05, 0.1) is 0 Å². The molecule has 3 heterocycles. The van der Waals surface area contributed by atoms with Crippen LogP contribution in [0.2, 0.25) is 0 Å². The lowest BCUT2D eigenvalue weighted by atomic mass is 9.93. The van der Waals surface area contributed by atoms with E-state index in [-0.39, 0.29) is 11.7 Å². The van der Waals surface area contributed by atoms with Gasteiger partial charge in [-0.3, -0.25) is 4.79 Å². The first-order valence-electron chi connectivity index (χ1n) is 7.82. The smallest absolute Gasteiger partial charge is 0.318 e. The summed E-state index contributed by atoms with van der Waals surface area (Å²) in [6.07, 6.45) is 7.57. The van der Waals surface area contributed by atoms with Crippen LogP contribution >= 0.6 is 0 Å². The molecule has 1 unspecified atom stereocenters. The Morgan fingerprint density at radius 3 is 2.91 bits per heavy atom. The Bertz CT molecular complexity index is 688. The van der Waals surface area contributed by atoms with Gasteiger partial charge in [-0.2, -0.15) is 0 Å². The van der Waals surface area contributed by atoms with Gasteiger partial charge in [0.2, 0.25) is 11.7 Å². The largest absolute Gasteiger partial charge is 0.408 e. The number of aromatic nitrogens is 4. The van der Waals surface area contributed by atoms with Crippen molar-refractivity contribution in [2.24, 2.45) is 13.0 Å². The molecule has 1 aliphatic carbocycles. The predicted molar refractivity (Wildman–Crippen MR) is 78.7 cm³/mol. The lowest BCUT2D eigenvalue weighted by Crippen LogP contribution is -2.39. The third-order valence-corrected chi connectivity index (χ3v) is 4.46. The van der Waals surface area contributed by atoms with Crippen LogP contribution in [-0.4, -0.2) is 38.6 Å². The second kappa shape index (κ2) is 5.23. The Hall–Kier alpha value is -2.18. The fraction of sp³-hybridized carbons (Fsp3) is 0.600. The molecule has 1 saturated carbocycles. The van der Waals surface area contributed by atoms with Crippen LogP contribution in [0.5, 0.6) is 0 Å². The molecule has 1 aliphatic heterocycles. The van der Waals surface area contributed by atoms with E-state index in [0.29, 0.717) is 24.3 Å². The first-order chi connectivity index (χ1) is 10.7. The highest BCUT2D eigenvalue weighted by Crippen LogP contribution is 2.40. The number of piperidine rings is 1. The molecule has 2 aliphatic rings. The average Bonchev–Trinajstić information content (AvgIpc) is 3.11. The zero-order chi connectivity index (χ0) is 15.1. The van der Waals surface area contributed by atoms with Crippen molar-refractivity contribution in [1.82, 2.24) is 19.7 Å². The number of Topliss-reactive ketones (excluding diaryl/α,β-unsaturated/α-hetero) is 1.